The second-order valence-electron chi connectivity index (χ2n) is 8.51. The fourth-order valence-corrected chi connectivity index (χ4v) is 5.17. The Hall–Kier alpha value is -1.92. The number of methoxy groups -OCH3 is 1. The molecule has 1 aromatic carbocycles. The second kappa shape index (κ2) is 9.26. The van der Waals surface area contributed by atoms with E-state index in [4.69, 9.17) is 4.74 Å². The molecule has 1 saturated carbocycles. The number of ether oxygens (including phenoxy) is 1. The average molecular weight is 400 g/mol. The zero-order valence-electron chi connectivity index (χ0n) is 17.5. The topological polar surface area (TPSA) is 53.1 Å². The predicted octanol–water partition coefficient (Wildman–Crippen LogP) is 2.24. The van der Waals surface area contributed by atoms with Crippen molar-refractivity contribution < 1.29 is 14.3 Å². The van der Waals surface area contributed by atoms with E-state index in [1.54, 1.807) is 12.0 Å². The molecule has 2 heterocycles. The van der Waals surface area contributed by atoms with Gasteiger partial charge >= 0.3 is 0 Å². The van der Waals surface area contributed by atoms with Crippen LogP contribution in [0.2, 0.25) is 0 Å². The Balaban J connectivity index is 1.49. The number of nitrogens with zero attached hydrogens (tertiary/aromatic N) is 3. The summed E-state index contributed by atoms with van der Waals surface area (Å²) < 4.78 is 5.21. The molecule has 29 heavy (non-hydrogen) atoms. The molecule has 6 nitrogen and oxygen atoms in total. The van der Waals surface area contributed by atoms with Gasteiger partial charge in [0.25, 0.3) is 0 Å². The Morgan fingerprint density at radius 3 is 2.52 bits per heavy atom. The molecule has 158 valence electrons. The molecular weight excluding hydrogens is 366 g/mol. The molecule has 0 unspecified atom stereocenters. The molecule has 0 bridgehead atoms. The highest BCUT2D eigenvalue weighted by atomic mass is 16.5. The highest BCUT2D eigenvalue weighted by molar-refractivity contribution is 5.92. The van der Waals surface area contributed by atoms with Crippen molar-refractivity contribution in [3.05, 3.63) is 35.4 Å². The van der Waals surface area contributed by atoms with Crippen LogP contribution in [0.15, 0.2) is 24.3 Å². The fourth-order valence-electron chi connectivity index (χ4n) is 5.17. The van der Waals surface area contributed by atoms with E-state index < -0.39 is 6.04 Å². The molecular formula is C23H33N3O3. The molecule has 1 aliphatic carbocycles. The zero-order chi connectivity index (χ0) is 20.2. The number of benzene rings is 1. The van der Waals surface area contributed by atoms with Crippen LogP contribution in [0, 0.1) is 0 Å². The fraction of sp³-hybridized carbons (Fsp3) is 0.652. The van der Waals surface area contributed by atoms with Crippen LogP contribution in [-0.2, 0) is 20.7 Å². The van der Waals surface area contributed by atoms with Gasteiger partial charge in [-0.05, 0) is 24.0 Å². The second-order valence-corrected chi connectivity index (χ2v) is 8.51. The first-order valence-electron chi connectivity index (χ1n) is 11.1. The summed E-state index contributed by atoms with van der Waals surface area (Å²) in [5.74, 6) is 0.0739. The van der Waals surface area contributed by atoms with Crippen LogP contribution >= 0.6 is 0 Å². The third-order valence-corrected chi connectivity index (χ3v) is 6.81. The summed E-state index contributed by atoms with van der Waals surface area (Å²) in [7, 11) is 1.63. The quantitative estimate of drug-likeness (QED) is 0.762. The molecule has 1 atom stereocenters. The van der Waals surface area contributed by atoms with Crippen molar-refractivity contribution in [3.63, 3.8) is 0 Å². The van der Waals surface area contributed by atoms with E-state index in [1.807, 2.05) is 29.2 Å². The van der Waals surface area contributed by atoms with E-state index in [2.05, 4.69) is 4.90 Å². The molecule has 0 radical (unpaired) electrons. The summed E-state index contributed by atoms with van der Waals surface area (Å²) in [6.45, 7) is 4.27. The van der Waals surface area contributed by atoms with Crippen LogP contribution in [0.5, 0.6) is 0 Å². The SMILES string of the molecule is COCCN1C(=O)Cc2ccccc2[C@@H]1C(=O)N1CCN(C2CCCCC2)CC1. The lowest BCUT2D eigenvalue weighted by atomic mass is 9.90. The van der Waals surface area contributed by atoms with Crippen molar-refractivity contribution >= 4 is 11.8 Å². The van der Waals surface area contributed by atoms with Gasteiger partial charge in [-0.2, -0.15) is 0 Å². The Bertz CT molecular complexity index is 724. The minimum Gasteiger partial charge on any atom is -0.383 e. The van der Waals surface area contributed by atoms with Crippen LogP contribution in [0.1, 0.15) is 49.3 Å². The lowest BCUT2D eigenvalue weighted by Crippen LogP contribution is -2.56. The molecule has 6 heteroatoms. The monoisotopic (exact) mass is 399 g/mol. The lowest BCUT2D eigenvalue weighted by molar-refractivity contribution is -0.149. The first kappa shape index (κ1) is 20.4. The predicted molar refractivity (Wildman–Crippen MR) is 112 cm³/mol. The van der Waals surface area contributed by atoms with Gasteiger partial charge < -0.3 is 14.5 Å². The molecule has 1 saturated heterocycles. The van der Waals surface area contributed by atoms with Crippen molar-refractivity contribution in [3.8, 4) is 0 Å². The Morgan fingerprint density at radius 1 is 1.07 bits per heavy atom. The van der Waals surface area contributed by atoms with Gasteiger partial charge in [0.1, 0.15) is 6.04 Å². The summed E-state index contributed by atoms with van der Waals surface area (Å²) in [6.07, 6.45) is 6.98. The Morgan fingerprint density at radius 2 is 1.79 bits per heavy atom. The summed E-state index contributed by atoms with van der Waals surface area (Å²) in [5, 5.41) is 0. The van der Waals surface area contributed by atoms with E-state index >= 15 is 0 Å². The average Bonchev–Trinajstić information content (AvgIpc) is 2.77. The van der Waals surface area contributed by atoms with Crippen LogP contribution in [-0.4, -0.2) is 79.0 Å². The number of hydrogen-bond donors (Lipinski definition) is 0. The maximum absolute atomic E-state index is 13.6. The minimum absolute atomic E-state index is 0.0138. The van der Waals surface area contributed by atoms with Crippen molar-refractivity contribution in [2.45, 2.75) is 50.6 Å². The van der Waals surface area contributed by atoms with Gasteiger partial charge in [0.05, 0.1) is 13.0 Å². The van der Waals surface area contributed by atoms with Crippen LogP contribution in [0.4, 0.5) is 0 Å². The molecule has 0 aromatic heterocycles. The highest BCUT2D eigenvalue weighted by Crippen LogP contribution is 2.32. The molecule has 2 aliphatic heterocycles. The van der Waals surface area contributed by atoms with Gasteiger partial charge in [-0.1, -0.05) is 43.5 Å². The van der Waals surface area contributed by atoms with Gasteiger partial charge in [0, 0.05) is 45.9 Å². The van der Waals surface area contributed by atoms with Crippen LogP contribution in [0.25, 0.3) is 0 Å². The number of hydrogen-bond acceptors (Lipinski definition) is 4. The number of carbonyl (C=O) groups excluding carboxylic acids is 2. The van der Waals surface area contributed by atoms with E-state index in [1.165, 1.54) is 32.1 Å². The Kier molecular flexibility index (Phi) is 6.50. The minimum atomic E-state index is -0.524. The van der Waals surface area contributed by atoms with Gasteiger partial charge in [-0.15, -0.1) is 0 Å². The molecule has 4 rings (SSSR count). The normalized spacial score (nSPS) is 23.9. The smallest absolute Gasteiger partial charge is 0.250 e. The number of rotatable bonds is 5. The highest BCUT2D eigenvalue weighted by Gasteiger charge is 2.40. The maximum Gasteiger partial charge on any atom is 0.250 e. The molecule has 3 aliphatic rings. The molecule has 2 fully saturated rings. The van der Waals surface area contributed by atoms with Crippen molar-refractivity contribution in [2.24, 2.45) is 0 Å². The summed E-state index contributed by atoms with van der Waals surface area (Å²) in [6, 6.07) is 8.05. The van der Waals surface area contributed by atoms with E-state index in [9.17, 15) is 9.59 Å². The van der Waals surface area contributed by atoms with Crippen molar-refractivity contribution in [1.29, 1.82) is 0 Å². The van der Waals surface area contributed by atoms with Gasteiger partial charge in [0.2, 0.25) is 11.8 Å². The van der Waals surface area contributed by atoms with E-state index in [0.29, 0.717) is 25.6 Å². The van der Waals surface area contributed by atoms with Gasteiger partial charge in [-0.25, -0.2) is 0 Å². The van der Waals surface area contributed by atoms with Gasteiger partial charge in [-0.3, -0.25) is 14.5 Å². The summed E-state index contributed by atoms with van der Waals surface area (Å²) in [4.78, 5) is 32.7. The number of piperazine rings is 1. The first-order valence-corrected chi connectivity index (χ1v) is 11.1. The summed E-state index contributed by atoms with van der Waals surface area (Å²) >= 11 is 0. The van der Waals surface area contributed by atoms with E-state index in [0.717, 1.165) is 37.3 Å². The number of amides is 2. The molecule has 0 N–H and O–H groups in total. The summed E-state index contributed by atoms with van der Waals surface area (Å²) in [5.41, 5.74) is 1.95. The van der Waals surface area contributed by atoms with Crippen LogP contribution in [0.3, 0.4) is 0 Å². The third kappa shape index (κ3) is 4.33. The largest absolute Gasteiger partial charge is 0.383 e. The molecule has 2 amide bonds. The van der Waals surface area contributed by atoms with Gasteiger partial charge in [0.15, 0.2) is 0 Å². The third-order valence-electron chi connectivity index (χ3n) is 6.81. The standard InChI is InChI=1S/C23H33N3O3/c1-29-16-15-26-21(27)17-18-7-5-6-10-20(18)22(26)23(28)25-13-11-24(12-14-25)19-8-3-2-4-9-19/h5-7,10,19,22H,2-4,8-9,11-17H2,1H3/t22-/m1/s1. The Labute approximate surface area is 173 Å². The lowest BCUT2D eigenvalue weighted by Gasteiger charge is -2.43. The first-order chi connectivity index (χ1) is 14.2. The maximum atomic E-state index is 13.6. The number of fused-ring (bicyclic) bond motifs is 1. The van der Waals surface area contributed by atoms with Crippen molar-refractivity contribution in [2.75, 3.05) is 46.4 Å². The molecule has 0 spiro atoms. The number of carbonyl (C=O) groups is 2. The molecule has 1 aromatic rings. The van der Waals surface area contributed by atoms with Crippen molar-refractivity contribution in [1.82, 2.24) is 14.7 Å². The zero-order valence-corrected chi connectivity index (χ0v) is 17.5. The van der Waals surface area contributed by atoms with Crippen LogP contribution < -0.4 is 0 Å². The van der Waals surface area contributed by atoms with E-state index in [-0.39, 0.29) is 11.8 Å².